The summed E-state index contributed by atoms with van der Waals surface area (Å²) in [7, 11) is 0. The number of nitrogens with zero attached hydrogens (tertiary/aromatic N) is 3. The summed E-state index contributed by atoms with van der Waals surface area (Å²) in [6.45, 7) is 5.30. The minimum atomic E-state index is -0.732. The molecule has 0 fully saturated rings. The van der Waals surface area contributed by atoms with Crippen molar-refractivity contribution in [3.63, 3.8) is 0 Å². The van der Waals surface area contributed by atoms with Gasteiger partial charge in [0.2, 0.25) is 0 Å². The second-order valence-electron chi connectivity index (χ2n) is 4.04. The second-order valence-corrected chi connectivity index (χ2v) is 5.02. The molecule has 0 saturated carbocycles. The first kappa shape index (κ1) is 13.2. The summed E-state index contributed by atoms with van der Waals surface area (Å²) in [6, 6.07) is 0.745. The van der Waals surface area contributed by atoms with Gasteiger partial charge in [0.1, 0.15) is 0 Å². The van der Waals surface area contributed by atoms with Crippen LogP contribution in [0.15, 0.2) is 16.0 Å². The number of hydrazone groups is 1. The van der Waals surface area contributed by atoms with Crippen LogP contribution in [0.5, 0.6) is 0 Å². The third kappa shape index (κ3) is 2.48. The Morgan fingerprint density at radius 1 is 1.53 bits per heavy atom. The highest BCUT2D eigenvalue weighted by Crippen LogP contribution is 2.20. The van der Waals surface area contributed by atoms with Gasteiger partial charge >= 0.3 is 6.03 Å². The van der Waals surface area contributed by atoms with Crippen LogP contribution in [0.25, 0.3) is 4.96 Å². The van der Waals surface area contributed by atoms with E-state index in [4.69, 9.17) is 5.73 Å². The number of fused-ring (bicyclic) bond motifs is 1. The number of primary amides is 1. The molecule has 0 unspecified atom stereocenters. The molecule has 2 heterocycles. The summed E-state index contributed by atoms with van der Waals surface area (Å²) in [5, 5.41) is 3.86. The lowest BCUT2D eigenvalue weighted by molar-refractivity contribution is 0.249. The van der Waals surface area contributed by atoms with Crippen LogP contribution in [0.4, 0.5) is 4.79 Å². The average Bonchev–Trinajstić information content (AvgIpc) is 2.63. The molecule has 2 aromatic rings. The summed E-state index contributed by atoms with van der Waals surface area (Å²) in [4.78, 5) is 28.2. The van der Waals surface area contributed by atoms with Gasteiger partial charge < -0.3 is 5.73 Å². The fourth-order valence-corrected chi connectivity index (χ4v) is 2.86. The first-order valence-electron chi connectivity index (χ1n) is 5.50. The summed E-state index contributed by atoms with van der Waals surface area (Å²) in [6.07, 6.45) is 0. The van der Waals surface area contributed by atoms with Crippen molar-refractivity contribution < 1.29 is 4.79 Å². The van der Waals surface area contributed by atoms with Crippen LogP contribution in [0.2, 0.25) is 0 Å². The molecular weight excluding hydrogens is 266 g/mol. The minimum Gasteiger partial charge on any atom is -0.350 e. The van der Waals surface area contributed by atoms with E-state index in [0.717, 1.165) is 10.6 Å². The number of carbonyl (C=O) groups excluding carboxylic acids is 1. The van der Waals surface area contributed by atoms with Gasteiger partial charge in [0, 0.05) is 17.5 Å². The van der Waals surface area contributed by atoms with Gasteiger partial charge in [-0.25, -0.2) is 15.2 Å². The zero-order valence-corrected chi connectivity index (χ0v) is 11.5. The van der Waals surface area contributed by atoms with Crippen LogP contribution in [0.3, 0.4) is 0 Å². The molecule has 7 nitrogen and oxygen atoms in total. The summed E-state index contributed by atoms with van der Waals surface area (Å²) in [5.41, 5.74) is 8.98. The van der Waals surface area contributed by atoms with Crippen molar-refractivity contribution >= 4 is 28.0 Å². The SMILES string of the molecule is CC(=NNC(N)=O)c1sc2nc(C)cc(=O)n2c1C. The molecule has 0 aromatic carbocycles. The van der Waals surface area contributed by atoms with Crippen LogP contribution in [0.1, 0.15) is 23.2 Å². The van der Waals surface area contributed by atoms with Gasteiger partial charge in [-0.1, -0.05) is 11.3 Å². The number of hydrogen-bond donors (Lipinski definition) is 2. The third-order valence-corrected chi connectivity index (χ3v) is 3.79. The molecule has 8 heteroatoms. The number of aryl methyl sites for hydroxylation is 2. The van der Waals surface area contributed by atoms with Gasteiger partial charge in [-0.2, -0.15) is 5.10 Å². The van der Waals surface area contributed by atoms with Crippen LogP contribution < -0.4 is 16.7 Å². The molecule has 0 saturated heterocycles. The predicted molar refractivity (Wildman–Crippen MR) is 73.7 cm³/mol. The van der Waals surface area contributed by atoms with E-state index < -0.39 is 6.03 Å². The van der Waals surface area contributed by atoms with Crippen molar-refractivity contribution in [2.75, 3.05) is 0 Å². The summed E-state index contributed by atoms with van der Waals surface area (Å²) in [5.74, 6) is 0. The standard InChI is InChI=1S/C11H13N5O2S/c1-5-4-8(17)16-7(3)9(19-11(16)13-5)6(2)14-15-10(12)18/h4H,1-3H3,(H3,12,15,18). The quantitative estimate of drug-likeness (QED) is 0.626. The maximum Gasteiger partial charge on any atom is 0.332 e. The normalized spacial score (nSPS) is 11.8. The Morgan fingerprint density at radius 3 is 2.84 bits per heavy atom. The highest BCUT2D eigenvalue weighted by molar-refractivity contribution is 7.19. The van der Waals surface area contributed by atoms with Crippen molar-refractivity contribution in [1.82, 2.24) is 14.8 Å². The maximum absolute atomic E-state index is 11.9. The van der Waals surface area contributed by atoms with Crippen molar-refractivity contribution in [1.29, 1.82) is 0 Å². The topological polar surface area (TPSA) is 102 Å². The molecule has 0 atom stereocenters. The molecule has 100 valence electrons. The molecule has 0 spiro atoms. The number of amides is 2. The lowest BCUT2D eigenvalue weighted by atomic mass is 10.3. The zero-order chi connectivity index (χ0) is 14.2. The van der Waals surface area contributed by atoms with Crippen LogP contribution in [-0.2, 0) is 0 Å². The van der Waals surface area contributed by atoms with Crippen LogP contribution in [-0.4, -0.2) is 21.1 Å². The van der Waals surface area contributed by atoms with Crippen molar-refractivity contribution in [3.05, 3.63) is 32.7 Å². The van der Waals surface area contributed by atoms with E-state index in [2.05, 4.69) is 15.5 Å². The third-order valence-electron chi connectivity index (χ3n) is 2.54. The van der Waals surface area contributed by atoms with E-state index in [9.17, 15) is 9.59 Å². The largest absolute Gasteiger partial charge is 0.350 e. The van der Waals surface area contributed by atoms with Crippen molar-refractivity contribution in [2.24, 2.45) is 10.8 Å². The van der Waals surface area contributed by atoms with Gasteiger partial charge in [0.05, 0.1) is 10.6 Å². The molecule has 3 N–H and O–H groups in total. The molecule has 0 aliphatic heterocycles. The minimum absolute atomic E-state index is 0.127. The van der Waals surface area contributed by atoms with E-state index in [1.807, 2.05) is 0 Å². The summed E-state index contributed by atoms with van der Waals surface area (Å²) >= 11 is 1.34. The number of nitrogens with two attached hydrogens (primary N) is 1. The van der Waals surface area contributed by atoms with Gasteiger partial charge in [0.15, 0.2) is 4.96 Å². The molecule has 2 aromatic heterocycles. The van der Waals surface area contributed by atoms with Crippen LogP contribution >= 0.6 is 11.3 Å². The molecule has 0 aliphatic rings. The van der Waals surface area contributed by atoms with Crippen molar-refractivity contribution in [3.8, 4) is 0 Å². The molecule has 0 bridgehead atoms. The number of thiazole rings is 1. The lowest BCUT2D eigenvalue weighted by Gasteiger charge is -1.99. The van der Waals surface area contributed by atoms with Gasteiger partial charge in [0.25, 0.3) is 5.56 Å². The van der Waals surface area contributed by atoms with Gasteiger partial charge in [-0.05, 0) is 20.8 Å². The molecule has 19 heavy (non-hydrogen) atoms. The van der Waals surface area contributed by atoms with E-state index in [0.29, 0.717) is 16.4 Å². The molecule has 0 radical (unpaired) electrons. The Labute approximate surface area is 112 Å². The molecule has 2 amide bonds. The fraction of sp³-hybridized carbons (Fsp3) is 0.273. The number of carbonyl (C=O) groups is 1. The Bertz CT molecular complexity index is 743. The average molecular weight is 279 g/mol. The van der Waals surface area contributed by atoms with E-state index in [1.165, 1.54) is 21.8 Å². The van der Waals surface area contributed by atoms with Gasteiger partial charge in [-0.15, -0.1) is 0 Å². The monoisotopic (exact) mass is 279 g/mol. The van der Waals surface area contributed by atoms with Crippen LogP contribution in [0, 0.1) is 13.8 Å². The predicted octanol–water partition coefficient (Wildman–Crippen LogP) is 0.765. The number of rotatable bonds is 2. The molecule has 0 aliphatic carbocycles. The lowest BCUT2D eigenvalue weighted by Crippen LogP contribution is -2.25. The van der Waals surface area contributed by atoms with Gasteiger partial charge in [-0.3, -0.25) is 9.20 Å². The Balaban J connectivity index is 2.60. The second kappa shape index (κ2) is 4.81. The fourth-order valence-electron chi connectivity index (χ4n) is 1.74. The Morgan fingerprint density at radius 2 is 2.21 bits per heavy atom. The smallest absolute Gasteiger partial charge is 0.332 e. The summed E-state index contributed by atoms with van der Waals surface area (Å²) < 4.78 is 1.52. The first-order valence-corrected chi connectivity index (χ1v) is 6.31. The van der Waals surface area contributed by atoms with Crippen molar-refractivity contribution in [2.45, 2.75) is 20.8 Å². The number of hydrogen-bond acceptors (Lipinski definition) is 5. The van der Waals surface area contributed by atoms with E-state index in [-0.39, 0.29) is 5.56 Å². The number of urea groups is 1. The highest BCUT2D eigenvalue weighted by atomic mass is 32.1. The zero-order valence-electron chi connectivity index (χ0n) is 10.7. The van der Waals surface area contributed by atoms with E-state index >= 15 is 0 Å². The highest BCUT2D eigenvalue weighted by Gasteiger charge is 2.13. The number of aromatic nitrogens is 2. The maximum atomic E-state index is 11.9. The number of nitrogens with one attached hydrogen (secondary N) is 1. The molecule has 2 rings (SSSR count). The van der Waals surface area contributed by atoms with E-state index in [1.54, 1.807) is 20.8 Å². The molecular formula is C11H13N5O2S. The Kier molecular flexibility index (Phi) is 3.34. The Hall–Kier alpha value is -2.22. The first-order chi connectivity index (χ1) is 8.90.